The molecule has 20 heavy (non-hydrogen) atoms. The average molecular weight is 315 g/mol. The first-order valence-electron chi connectivity index (χ1n) is 5.73. The molecule has 2 N–H and O–H groups in total. The van der Waals surface area contributed by atoms with Crippen LogP contribution in [-0.2, 0) is 16.6 Å². The predicted molar refractivity (Wildman–Crippen MR) is 76.3 cm³/mol. The fourth-order valence-electron chi connectivity index (χ4n) is 1.72. The molecule has 1 aromatic carbocycles. The van der Waals surface area contributed by atoms with Crippen LogP contribution in [0.2, 0.25) is 0 Å². The van der Waals surface area contributed by atoms with Gasteiger partial charge in [0.1, 0.15) is 10.7 Å². The standard InChI is InChI=1S/C12H14FN3O2S2/c1-8-15-10(7-19-8)6-16(2)20(17,18)12-4-3-9(13)5-11(12)14/h3-5,7H,6,14H2,1-2H3. The third-order valence-corrected chi connectivity index (χ3v) is 5.41. The lowest BCUT2D eigenvalue weighted by atomic mass is 10.3. The number of sulfonamides is 1. The lowest BCUT2D eigenvalue weighted by molar-refractivity contribution is 0.463. The van der Waals surface area contributed by atoms with E-state index in [9.17, 15) is 12.8 Å². The minimum Gasteiger partial charge on any atom is -0.398 e. The fourth-order valence-corrected chi connectivity index (χ4v) is 3.55. The van der Waals surface area contributed by atoms with Crippen LogP contribution in [0.5, 0.6) is 0 Å². The molecule has 0 saturated carbocycles. The fraction of sp³-hybridized carbons (Fsp3) is 0.250. The molecular weight excluding hydrogens is 301 g/mol. The van der Waals surface area contributed by atoms with Gasteiger partial charge in [0, 0.05) is 12.4 Å². The summed E-state index contributed by atoms with van der Waals surface area (Å²) in [6.07, 6.45) is 0. The Kier molecular flexibility index (Phi) is 4.07. The molecule has 0 fully saturated rings. The molecule has 108 valence electrons. The molecule has 8 heteroatoms. The van der Waals surface area contributed by atoms with Crippen LogP contribution in [0.25, 0.3) is 0 Å². The largest absolute Gasteiger partial charge is 0.398 e. The second kappa shape index (κ2) is 5.47. The van der Waals surface area contributed by atoms with Crippen LogP contribution in [0.3, 0.4) is 0 Å². The predicted octanol–water partition coefficient (Wildman–Crippen LogP) is 1.99. The van der Waals surface area contributed by atoms with Gasteiger partial charge in [-0.3, -0.25) is 0 Å². The number of rotatable bonds is 4. The van der Waals surface area contributed by atoms with E-state index in [4.69, 9.17) is 5.73 Å². The van der Waals surface area contributed by atoms with Gasteiger partial charge in [-0.2, -0.15) is 4.31 Å². The summed E-state index contributed by atoms with van der Waals surface area (Å²) < 4.78 is 38.9. The lowest BCUT2D eigenvalue weighted by Gasteiger charge is -2.17. The number of benzene rings is 1. The Labute approximate surface area is 120 Å². The molecule has 0 saturated heterocycles. The highest BCUT2D eigenvalue weighted by Gasteiger charge is 2.24. The number of nitrogens with zero attached hydrogens (tertiary/aromatic N) is 2. The van der Waals surface area contributed by atoms with Crippen molar-refractivity contribution in [1.29, 1.82) is 0 Å². The first kappa shape index (κ1) is 14.9. The van der Waals surface area contributed by atoms with Crippen molar-refractivity contribution in [2.75, 3.05) is 12.8 Å². The van der Waals surface area contributed by atoms with Gasteiger partial charge in [0.05, 0.1) is 22.9 Å². The maximum absolute atomic E-state index is 13.0. The van der Waals surface area contributed by atoms with Crippen molar-refractivity contribution in [3.8, 4) is 0 Å². The Bertz CT molecular complexity index is 728. The van der Waals surface area contributed by atoms with Crippen molar-refractivity contribution in [1.82, 2.24) is 9.29 Å². The van der Waals surface area contributed by atoms with Gasteiger partial charge in [0.25, 0.3) is 0 Å². The monoisotopic (exact) mass is 315 g/mol. The van der Waals surface area contributed by atoms with Crippen LogP contribution in [-0.4, -0.2) is 24.8 Å². The number of nitrogens with two attached hydrogens (primary N) is 1. The van der Waals surface area contributed by atoms with Crippen LogP contribution in [0.4, 0.5) is 10.1 Å². The molecule has 1 heterocycles. The molecule has 2 rings (SSSR count). The van der Waals surface area contributed by atoms with E-state index < -0.39 is 15.8 Å². The minimum atomic E-state index is -3.77. The van der Waals surface area contributed by atoms with Gasteiger partial charge < -0.3 is 5.73 Å². The smallest absolute Gasteiger partial charge is 0.245 e. The molecule has 0 atom stereocenters. The van der Waals surface area contributed by atoms with E-state index in [1.165, 1.54) is 24.5 Å². The summed E-state index contributed by atoms with van der Waals surface area (Å²) in [6, 6.07) is 3.24. The molecule has 5 nitrogen and oxygen atoms in total. The highest BCUT2D eigenvalue weighted by Crippen LogP contribution is 2.23. The van der Waals surface area contributed by atoms with Crippen molar-refractivity contribution in [3.05, 3.63) is 40.1 Å². The summed E-state index contributed by atoms with van der Waals surface area (Å²) >= 11 is 1.45. The van der Waals surface area contributed by atoms with Gasteiger partial charge >= 0.3 is 0 Å². The summed E-state index contributed by atoms with van der Waals surface area (Å²) in [7, 11) is -2.33. The highest BCUT2D eigenvalue weighted by molar-refractivity contribution is 7.89. The van der Waals surface area contributed by atoms with Crippen LogP contribution in [0, 0.1) is 12.7 Å². The summed E-state index contributed by atoms with van der Waals surface area (Å²) in [5.74, 6) is -0.570. The van der Waals surface area contributed by atoms with Crippen molar-refractivity contribution < 1.29 is 12.8 Å². The maximum atomic E-state index is 13.0. The van der Waals surface area contributed by atoms with Gasteiger partial charge in [-0.15, -0.1) is 11.3 Å². The second-order valence-corrected chi connectivity index (χ2v) is 7.38. The van der Waals surface area contributed by atoms with Gasteiger partial charge in [0.2, 0.25) is 10.0 Å². The molecule has 0 amide bonds. The van der Waals surface area contributed by atoms with E-state index in [1.807, 2.05) is 6.92 Å². The van der Waals surface area contributed by atoms with Gasteiger partial charge in [-0.05, 0) is 25.1 Å². The Morgan fingerprint density at radius 2 is 2.15 bits per heavy atom. The molecule has 0 spiro atoms. The Hall–Kier alpha value is -1.51. The summed E-state index contributed by atoms with van der Waals surface area (Å²) in [5.41, 5.74) is 6.14. The van der Waals surface area contributed by atoms with Crippen molar-refractivity contribution in [2.45, 2.75) is 18.4 Å². The van der Waals surface area contributed by atoms with Crippen LogP contribution in [0.15, 0.2) is 28.5 Å². The third-order valence-electron chi connectivity index (χ3n) is 2.71. The Morgan fingerprint density at radius 3 is 2.70 bits per heavy atom. The summed E-state index contributed by atoms with van der Waals surface area (Å²) in [6.45, 7) is 1.99. The zero-order valence-corrected chi connectivity index (χ0v) is 12.6. The number of aromatic nitrogens is 1. The average Bonchev–Trinajstić information content (AvgIpc) is 2.74. The van der Waals surface area contributed by atoms with Crippen LogP contribution >= 0.6 is 11.3 Å². The number of nitrogen functional groups attached to an aromatic ring is 1. The van der Waals surface area contributed by atoms with E-state index in [-0.39, 0.29) is 17.1 Å². The number of thiazole rings is 1. The van der Waals surface area contributed by atoms with Crippen LogP contribution < -0.4 is 5.73 Å². The first-order valence-corrected chi connectivity index (χ1v) is 8.05. The Morgan fingerprint density at radius 1 is 1.45 bits per heavy atom. The molecule has 0 aliphatic heterocycles. The van der Waals surface area contributed by atoms with E-state index in [0.717, 1.165) is 21.4 Å². The van der Waals surface area contributed by atoms with Crippen molar-refractivity contribution >= 4 is 27.0 Å². The zero-order chi connectivity index (χ0) is 14.9. The summed E-state index contributed by atoms with van der Waals surface area (Å²) in [4.78, 5) is 4.11. The number of aryl methyl sites for hydroxylation is 1. The minimum absolute atomic E-state index is 0.103. The van der Waals surface area contributed by atoms with Crippen LogP contribution in [0.1, 0.15) is 10.7 Å². The van der Waals surface area contributed by atoms with Crippen molar-refractivity contribution in [2.24, 2.45) is 0 Å². The summed E-state index contributed by atoms with van der Waals surface area (Å²) in [5, 5.41) is 2.67. The molecule has 0 aliphatic carbocycles. The molecule has 0 aliphatic rings. The number of halogens is 1. The molecule has 2 aromatic rings. The third kappa shape index (κ3) is 2.97. The zero-order valence-electron chi connectivity index (χ0n) is 11.0. The van der Waals surface area contributed by atoms with Gasteiger partial charge in [-0.25, -0.2) is 17.8 Å². The van der Waals surface area contributed by atoms with Crippen molar-refractivity contribution in [3.63, 3.8) is 0 Å². The number of hydrogen-bond donors (Lipinski definition) is 1. The van der Waals surface area contributed by atoms with Gasteiger partial charge in [-0.1, -0.05) is 0 Å². The van der Waals surface area contributed by atoms with E-state index in [0.29, 0.717) is 5.69 Å². The van der Waals surface area contributed by atoms with E-state index in [2.05, 4.69) is 4.98 Å². The lowest BCUT2D eigenvalue weighted by Crippen LogP contribution is -2.27. The maximum Gasteiger partial charge on any atom is 0.245 e. The first-order chi connectivity index (χ1) is 9.30. The molecule has 0 radical (unpaired) electrons. The molecule has 0 bridgehead atoms. The highest BCUT2D eigenvalue weighted by atomic mass is 32.2. The SMILES string of the molecule is Cc1nc(CN(C)S(=O)(=O)c2ccc(F)cc2N)cs1. The second-order valence-electron chi connectivity index (χ2n) is 4.30. The topological polar surface area (TPSA) is 76.3 Å². The molecule has 0 unspecified atom stereocenters. The Balaban J connectivity index is 2.29. The molecular formula is C12H14FN3O2S2. The quantitative estimate of drug-likeness (QED) is 0.876. The normalized spacial score (nSPS) is 12.0. The van der Waals surface area contributed by atoms with E-state index in [1.54, 1.807) is 5.38 Å². The molecule has 1 aromatic heterocycles. The van der Waals surface area contributed by atoms with E-state index >= 15 is 0 Å². The van der Waals surface area contributed by atoms with Gasteiger partial charge in [0.15, 0.2) is 0 Å². The number of hydrogen-bond acceptors (Lipinski definition) is 5. The number of anilines is 1.